The van der Waals surface area contributed by atoms with E-state index in [0.29, 0.717) is 6.10 Å². The quantitative estimate of drug-likeness (QED) is 0.879. The highest BCUT2D eigenvalue weighted by atomic mass is 16.5. The Morgan fingerprint density at radius 2 is 2.00 bits per heavy atom. The van der Waals surface area contributed by atoms with Crippen LogP contribution in [-0.2, 0) is 11.2 Å². The van der Waals surface area contributed by atoms with Crippen LogP contribution in [0.4, 0.5) is 5.69 Å². The molecule has 2 aromatic rings. The number of nitrogens with zero attached hydrogens (tertiary/aromatic N) is 2. The molecule has 2 heterocycles. The first-order valence-corrected chi connectivity index (χ1v) is 9.10. The third kappa shape index (κ3) is 3.70. The van der Waals surface area contributed by atoms with Gasteiger partial charge in [-0.3, -0.25) is 4.98 Å². The zero-order chi connectivity index (χ0) is 16.9. The van der Waals surface area contributed by atoms with Gasteiger partial charge >= 0.3 is 0 Å². The first-order chi connectivity index (χ1) is 11.7. The van der Waals surface area contributed by atoms with Gasteiger partial charge in [-0.2, -0.15) is 0 Å². The number of methoxy groups -OCH3 is 1. The lowest BCUT2D eigenvalue weighted by atomic mass is 10.0. The van der Waals surface area contributed by atoms with Gasteiger partial charge in [-0.05, 0) is 37.8 Å². The second-order valence-electron chi connectivity index (χ2n) is 6.62. The second kappa shape index (κ2) is 7.95. The lowest BCUT2D eigenvalue weighted by Gasteiger charge is -2.31. The predicted molar refractivity (Wildman–Crippen MR) is 101 cm³/mol. The summed E-state index contributed by atoms with van der Waals surface area (Å²) in [5, 5.41) is 4.94. The lowest BCUT2D eigenvalue weighted by Crippen LogP contribution is -2.39. The molecule has 1 N–H and O–H groups in total. The van der Waals surface area contributed by atoms with E-state index in [9.17, 15) is 0 Å². The molecule has 1 aromatic heterocycles. The van der Waals surface area contributed by atoms with E-state index in [-0.39, 0.29) is 0 Å². The summed E-state index contributed by atoms with van der Waals surface area (Å²) in [5.41, 5.74) is 4.83. The molecular formula is C20H29N3O. The van der Waals surface area contributed by atoms with Gasteiger partial charge in [0.25, 0.3) is 0 Å². The molecule has 0 radical (unpaired) electrons. The number of pyridine rings is 1. The number of anilines is 1. The summed E-state index contributed by atoms with van der Waals surface area (Å²) in [6, 6.07) is 8.43. The summed E-state index contributed by atoms with van der Waals surface area (Å²) >= 11 is 0. The van der Waals surface area contributed by atoms with Crippen LogP contribution in [0.25, 0.3) is 10.9 Å². The topological polar surface area (TPSA) is 37.4 Å². The van der Waals surface area contributed by atoms with Crippen LogP contribution in [0, 0.1) is 6.92 Å². The molecule has 24 heavy (non-hydrogen) atoms. The maximum Gasteiger partial charge on any atom is 0.0726 e. The smallest absolute Gasteiger partial charge is 0.0726 e. The van der Waals surface area contributed by atoms with Crippen molar-refractivity contribution in [2.24, 2.45) is 0 Å². The highest BCUT2D eigenvalue weighted by Gasteiger charge is 2.18. The first-order valence-electron chi connectivity index (χ1n) is 9.10. The number of likely N-dealkylation sites (tertiary alicyclic amines) is 1. The molecule has 0 unspecified atom stereocenters. The molecule has 1 fully saturated rings. The summed E-state index contributed by atoms with van der Waals surface area (Å²) in [5.74, 6) is 0. The Labute approximate surface area is 145 Å². The van der Waals surface area contributed by atoms with Crippen molar-refractivity contribution >= 4 is 16.6 Å². The van der Waals surface area contributed by atoms with E-state index < -0.39 is 0 Å². The molecule has 0 amide bonds. The minimum absolute atomic E-state index is 0.452. The maximum atomic E-state index is 5.46. The van der Waals surface area contributed by atoms with Crippen molar-refractivity contribution in [3.63, 3.8) is 0 Å². The van der Waals surface area contributed by atoms with Gasteiger partial charge in [0.15, 0.2) is 0 Å². The van der Waals surface area contributed by atoms with E-state index in [0.717, 1.165) is 56.7 Å². The highest BCUT2D eigenvalue weighted by molar-refractivity contribution is 5.93. The molecule has 0 aliphatic carbocycles. The maximum absolute atomic E-state index is 5.46. The fourth-order valence-electron chi connectivity index (χ4n) is 3.72. The highest BCUT2D eigenvalue weighted by Crippen LogP contribution is 2.28. The number of aryl methyl sites for hydroxylation is 1. The van der Waals surface area contributed by atoms with Crippen LogP contribution in [-0.4, -0.2) is 49.3 Å². The zero-order valence-electron chi connectivity index (χ0n) is 15.1. The fraction of sp³-hybridized carbons (Fsp3) is 0.550. The van der Waals surface area contributed by atoms with E-state index in [1.165, 1.54) is 16.6 Å². The molecule has 3 rings (SSSR count). The summed E-state index contributed by atoms with van der Waals surface area (Å²) in [7, 11) is 1.82. The molecule has 1 saturated heterocycles. The van der Waals surface area contributed by atoms with Gasteiger partial charge in [-0.15, -0.1) is 0 Å². The van der Waals surface area contributed by atoms with Crippen LogP contribution in [0.3, 0.4) is 0 Å². The van der Waals surface area contributed by atoms with E-state index in [1.807, 2.05) is 7.11 Å². The van der Waals surface area contributed by atoms with Gasteiger partial charge < -0.3 is 15.0 Å². The first kappa shape index (κ1) is 17.2. The Kier molecular flexibility index (Phi) is 5.69. The Morgan fingerprint density at radius 1 is 1.25 bits per heavy atom. The molecule has 0 atom stereocenters. The Morgan fingerprint density at radius 3 is 2.71 bits per heavy atom. The molecule has 4 heteroatoms. The minimum atomic E-state index is 0.452. The van der Waals surface area contributed by atoms with Gasteiger partial charge in [0.1, 0.15) is 0 Å². The van der Waals surface area contributed by atoms with E-state index in [1.54, 1.807) is 0 Å². The molecule has 1 aliphatic rings. The van der Waals surface area contributed by atoms with E-state index >= 15 is 0 Å². The van der Waals surface area contributed by atoms with Gasteiger partial charge in [0, 0.05) is 50.1 Å². The summed E-state index contributed by atoms with van der Waals surface area (Å²) in [4.78, 5) is 7.29. The predicted octanol–water partition coefficient (Wildman–Crippen LogP) is 3.63. The number of hydrogen-bond donors (Lipinski definition) is 1. The van der Waals surface area contributed by atoms with Crippen molar-refractivity contribution in [1.29, 1.82) is 0 Å². The second-order valence-corrected chi connectivity index (χ2v) is 6.62. The van der Waals surface area contributed by atoms with Crippen molar-refractivity contribution in [1.82, 2.24) is 9.88 Å². The number of nitrogens with one attached hydrogen (secondary N) is 1. The molecule has 0 spiro atoms. The number of aromatic nitrogens is 1. The normalized spacial score (nSPS) is 16.6. The molecular weight excluding hydrogens is 298 g/mol. The zero-order valence-corrected chi connectivity index (χ0v) is 15.1. The Balaban J connectivity index is 1.68. The van der Waals surface area contributed by atoms with Crippen LogP contribution in [0.5, 0.6) is 0 Å². The van der Waals surface area contributed by atoms with Gasteiger partial charge in [-0.1, -0.05) is 25.1 Å². The Bertz CT molecular complexity index is 678. The van der Waals surface area contributed by atoms with Gasteiger partial charge in [0.2, 0.25) is 0 Å². The van der Waals surface area contributed by atoms with Crippen molar-refractivity contribution in [3.05, 3.63) is 35.5 Å². The standard InChI is InChI=1S/C20H29N3O/c1-4-17-15(2)22-19-8-6-5-7-18(19)20(17)21-11-14-23-12-9-16(24-3)10-13-23/h5-8,16H,4,9-14H2,1-3H3,(H,21,22). The SMILES string of the molecule is CCc1c(C)nc2ccccc2c1NCCN1CCC(OC)CC1. The largest absolute Gasteiger partial charge is 0.383 e. The van der Waals surface area contributed by atoms with Crippen molar-refractivity contribution in [2.45, 2.75) is 39.2 Å². The molecule has 1 aliphatic heterocycles. The summed E-state index contributed by atoms with van der Waals surface area (Å²) in [6.45, 7) is 8.65. The average Bonchev–Trinajstić information content (AvgIpc) is 2.62. The third-order valence-corrected chi connectivity index (χ3v) is 5.15. The van der Waals surface area contributed by atoms with E-state index in [4.69, 9.17) is 9.72 Å². The minimum Gasteiger partial charge on any atom is -0.383 e. The molecule has 4 nitrogen and oxygen atoms in total. The molecule has 130 valence electrons. The monoisotopic (exact) mass is 327 g/mol. The number of piperidine rings is 1. The average molecular weight is 327 g/mol. The lowest BCUT2D eigenvalue weighted by molar-refractivity contribution is 0.0423. The molecule has 0 saturated carbocycles. The fourth-order valence-corrected chi connectivity index (χ4v) is 3.72. The number of hydrogen-bond acceptors (Lipinski definition) is 4. The summed E-state index contributed by atoms with van der Waals surface area (Å²) in [6.07, 6.45) is 3.75. The Hall–Kier alpha value is -1.65. The number of benzene rings is 1. The van der Waals surface area contributed by atoms with Crippen LogP contribution in [0.1, 0.15) is 31.0 Å². The van der Waals surface area contributed by atoms with Crippen molar-refractivity contribution in [2.75, 3.05) is 38.6 Å². The van der Waals surface area contributed by atoms with Gasteiger partial charge in [0.05, 0.1) is 11.6 Å². The number of fused-ring (bicyclic) bond motifs is 1. The van der Waals surface area contributed by atoms with Crippen LogP contribution in [0.2, 0.25) is 0 Å². The van der Waals surface area contributed by atoms with Crippen molar-refractivity contribution < 1.29 is 4.74 Å². The number of para-hydroxylation sites is 1. The van der Waals surface area contributed by atoms with Crippen LogP contribution >= 0.6 is 0 Å². The van der Waals surface area contributed by atoms with Crippen molar-refractivity contribution in [3.8, 4) is 0 Å². The summed E-state index contributed by atoms with van der Waals surface area (Å²) < 4.78 is 5.46. The van der Waals surface area contributed by atoms with Gasteiger partial charge in [-0.25, -0.2) is 0 Å². The molecule has 1 aromatic carbocycles. The third-order valence-electron chi connectivity index (χ3n) is 5.15. The number of rotatable bonds is 6. The molecule has 0 bridgehead atoms. The van der Waals surface area contributed by atoms with Crippen LogP contribution in [0.15, 0.2) is 24.3 Å². The van der Waals surface area contributed by atoms with Crippen LogP contribution < -0.4 is 5.32 Å². The number of ether oxygens (including phenoxy) is 1. The van der Waals surface area contributed by atoms with E-state index in [2.05, 4.69) is 48.3 Å².